The fourth-order valence-corrected chi connectivity index (χ4v) is 1.10. The van der Waals surface area contributed by atoms with Gasteiger partial charge < -0.3 is 25.7 Å². The van der Waals surface area contributed by atoms with Gasteiger partial charge in [0, 0.05) is 6.54 Å². The summed E-state index contributed by atoms with van der Waals surface area (Å²) < 4.78 is 0. The summed E-state index contributed by atoms with van der Waals surface area (Å²) in [6, 6.07) is -0.689. The number of carboxylic acids is 2. The van der Waals surface area contributed by atoms with E-state index in [-0.39, 0.29) is 0 Å². The largest absolute Gasteiger partial charge is 0.480 e. The lowest BCUT2D eigenvalue weighted by molar-refractivity contribution is -0.140. The molecule has 8 heteroatoms. The highest BCUT2D eigenvalue weighted by atomic mass is 16.4. The molecule has 0 aliphatic rings. The van der Waals surface area contributed by atoms with Gasteiger partial charge in [-0.2, -0.15) is 0 Å². The molecular weight excluding hydrogens is 230 g/mol. The van der Waals surface area contributed by atoms with Crippen LogP contribution < -0.4 is 10.6 Å². The highest BCUT2D eigenvalue weighted by Crippen LogP contribution is 1.90. The maximum Gasteiger partial charge on any atom is 0.323 e. The maximum absolute atomic E-state index is 11.4. The lowest BCUT2D eigenvalue weighted by atomic mass is 10.4. The summed E-state index contributed by atoms with van der Waals surface area (Å²) in [5, 5.41) is 22.4. The molecule has 0 spiro atoms. The molecule has 0 aromatic carbocycles. The molecule has 17 heavy (non-hydrogen) atoms. The van der Waals surface area contributed by atoms with Crippen LogP contribution in [0.3, 0.4) is 0 Å². The fraction of sp³-hybridized carbons (Fsp3) is 0.667. The standard InChI is InChI=1S/C9H17N3O5/c1-10-3-2-4-11-9(17)12(5-7(13)14)6-8(15)16/h10H,2-6H2,1H3,(H,11,17)(H,13,14)(H,15,16). The SMILES string of the molecule is CNCCCNC(=O)N(CC(=O)O)CC(=O)O. The second kappa shape index (κ2) is 8.34. The molecule has 0 atom stereocenters. The molecule has 0 rings (SSSR count). The summed E-state index contributed by atoms with van der Waals surface area (Å²) in [5.41, 5.74) is 0. The molecule has 0 saturated carbocycles. The minimum absolute atomic E-state index is 0.357. The van der Waals surface area contributed by atoms with E-state index in [2.05, 4.69) is 10.6 Å². The fourth-order valence-electron chi connectivity index (χ4n) is 1.10. The molecule has 4 N–H and O–H groups in total. The van der Waals surface area contributed by atoms with Gasteiger partial charge in [0.2, 0.25) is 0 Å². The Hall–Kier alpha value is -1.83. The van der Waals surface area contributed by atoms with Crippen molar-refractivity contribution in [3.63, 3.8) is 0 Å². The van der Waals surface area contributed by atoms with Crippen LogP contribution in [0.4, 0.5) is 4.79 Å². The third-order valence-electron chi connectivity index (χ3n) is 1.82. The van der Waals surface area contributed by atoms with Gasteiger partial charge in [0.1, 0.15) is 13.1 Å². The van der Waals surface area contributed by atoms with E-state index in [1.165, 1.54) is 0 Å². The number of hydrogen-bond donors (Lipinski definition) is 4. The quantitative estimate of drug-likeness (QED) is 0.399. The maximum atomic E-state index is 11.4. The molecule has 0 aliphatic carbocycles. The first-order chi connectivity index (χ1) is 7.97. The molecule has 98 valence electrons. The van der Waals surface area contributed by atoms with Gasteiger partial charge in [-0.1, -0.05) is 0 Å². The van der Waals surface area contributed by atoms with Gasteiger partial charge >= 0.3 is 18.0 Å². The lowest BCUT2D eigenvalue weighted by Crippen LogP contribution is -2.45. The number of nitrogens with one attached hydrogen (secondary N) is 2. The summed E-state index contributed by atoms with van der Waals surface area (Å²) >= 11 is 0. The Morgan fingerprint density at radius 2 is 1.59 bits per heavy atom. The first-order valence-electron chi connectivity index (χ1n) is 5.08. The summed E-state index contributed by atoms with van der Waals surface area (Å²) in [7, 11) is 1.77. The number of aliphatic carboxylic acids is 2. The number of carboxylic acid groups (broad SMARTS) is 2. The van der Waals surface area contributed by atoms with Crippen molar-refractivity contribution >= 4 is 18.0 Å². The average Bonchev–Trinajstić information content (AvgIpc) is 2.22. The van der Waals surface area contributed by atoms with E-state index in [4.69, 9.17) is 10.2 Å². The summed E-state index contributed by atoms with van der Waals surface area (Å²) in [4.78, 5) is 33.1. The third-order valence-corrected chi connectivity index (χ3v) is 1.82. The second-order valence-corrected chi connectivity index (χ2v) is 3.33. The molecule has 0 fully saturated rings. The second-order valence-electron chi connectivity index (χ2n) is 3.33. The lowest BCUT2D eigenvalue weighted by Gasteiger charge is -2.18. The van der Waals surface area contributed by atoms with Crippen molar-refractivity contribution in [2.45, 2.75) is 6.42 Å². The first kappa shape index (κ1) is 15.2. The Kier molecular flexibility index (Phi) is 7.44. The van der Waals surface area contributed by atoms with Crippen molar-refractivity contribution in [1.29, 1.82) is 0 Å². The first-order valence-corrected chi connectivity index (χ1v) is 5.08. The normalized spacial score (nSPS) is 9.71. The number of urea groups is 1. The Morgan fingerprint density at radius 1 is 1.06 bits per heavy atom. The van der Waals surface area contributed by atoms with E-state index in [1.807, 2.05) is 0 Å². The van der Waals surface area contributed by atoms with Gasteiger partial charge in [-0.15, -0.1) is 0 Å². The number of rotatable bonds is 8. The Bertz CT molecular complexity index is 266. The molecule has 0 aliphatic heterocycles. The molecule has 0 unspecified atom stereocenters. The monoisotopic (exact) mass is 247 g/mol. The van der Waals surface area contributed by atoms with Gasteiger partial charge in [0.05, 0.1) is 0 Å². The topological polar surface area (TPSA) is 119 Å². The summed E-state index contributed by atoms with van der Waals surface area (Å²) in [6.45, 7) is -0.206. The molecule has 0 bridgehead atoms. The average molecular weight is 247 g/mol. The molecular formula is C9H17N3O5. The van der Waals surface area contributed by atoms with Gasteiger partial charge in [0.15, 0.2) is 0 Å². The molecule has 0 radical (unpaired) electrons. The minimum atomic E-state index is -1.25. The Morgan fingerprint density at radius 3 is 2.00 bits per heavy atom. The molecule has 0 saturated heterocycles. The molecule has 0 aromatic rings. The number of nitrogens with zero attached hydrogens (tertiary/aromatic N) is 1. The van der Waals surface area contributed by atoms with Crippen LogP contribution in [0.15, 0.2) is 0 Å². The number of carbonyl (C=O) groups is 3. The van der Waals surface area contributed by atoms with Crippen molar-refractivity contribution in [3.05, 3.63) is 0 Å². The van der Waals surface area contributed by atoms with E-state index in [9.17, 15) is 14.4 Å². The molecule has 8 nitrogen and oxygen atoms in total. The van der Waals surface area contributed by atoms with Crippen LogP contribution in [0.25, 0.3) is 0 Å². The van der Waals surface area contributed by atoms with Crippen LogP contribution in [-0.4, -0.2) is 66.3 Å². The Balaban J connectivity index is 4.12. The van der Waals surface area contributed by atoms with E-state index >= 15 is 0 Å². The van der Waals surface area contributed by atoms with Gasteiger partial charge in [-0.25, -0.2) is 4.79 Å². The van der Waals surface area contributed by atoms with Gasteiger partial charge in [-0.05, 0) is 20.0 Å². The van der Waals surface area contributed by atoms with Crippen molar-refractivity contribution in [1.82, 2.24) is 15.5 Å². The minimum Gasteiger partial charge on any atom is -0.480 e. The highest BCUT2D eigenvalue weighted by molar-refractivity contribution is 5.84. The van der Waals surface area contributed by atoms with Crippen LogP contribution in [0, 0.1) is 0 Å². The number of hydrogen-bond acceptors (Lipinski definition) is 4. The predicted molar refractivity (Wildman–Crippen MR) is 58.8 cm³/mol. The van der Waals surface area contributed by atoms with E-state index in [0.29, 0.717) is 19.5 Å². The Labute approximate surface area is 98.6 Å². The van der Waals surface area contributed by atoms with E-state index < -0.39 is 31.1 Å². The number of carbonyl (C=O) groups excluding carboxylic acids is 1. The highest BCUT2D eigenvalue weighted by Gasteiger charge is 2.18. The zero-order valence-electron chi connectivity index (χ0n) is 9.60. The van der Waals surface area contributed by atoms with Crippen molar-refractivity contribution in [2.24, 2.45) is 0 Å². The van der Waals surface area contributed by atoms with Crippen molar-refractivity contribution in [3.8, 4) is 0 Å². The van der Waals surface area contributed by atoms with Gasteiger partial charge in [-0.3, -0.25) is 9.59 Å². The van der Waals surface area contributed by atoms with E-state index in [0.717, 1.165) is 4.90 Å². The zero-order chi connectivity index (χ0) is 13.3. The molecule has 0 aromatic heterocycles. The predicted octanol–water partition coefficient (Wildman–Crippen LogP) is -1.22. The van der Waals surface area contributed by atoms with Crippen LogP contribution in [0.1, 0.15) is 6.42 Å². The van der Waals surface area contributed by atoms with E-state index in [1.54, 1.807) is 7.05 Å². The molecule has 2 amide bonds. The van der Waals surface area contributed by atoms with Crippen LogP contribution in [0.2, 0.25) is 0 Å². The van der Waals surface area contributed by atoms with Crippen LogP contribution in [-0.2, 0) is 9.59 Å². The zero-order valence-corrected chi connectivity index (χ0v) is 9.60. The smallest absolute Gasteiger partial charge is 0.323 e. The van der Waals surface area contributed by atoms with Crippen molar-refractivity contribution in [2.75, 3.05) is 33.2 Å². The summed E-state index contributed by atoms with van der Waals surface area (Å²) in [5.74, 6) is -2.51. The van der Waals surface area contributed by atoms with Crippen LogP contribution >= 0.6 is 0 Å². The number of amides is 2. The van der Waals surface area contributed by atoms with Crippen molar-refractivity contribution < 1.29 is 24.6 Å². The van der Waals surface area contributed by atoms with Gasteiger partial charge in [0.25, 0.3) is 0 Å². The summed E-state index contributed by atoms with van der Waals surface area (Å²) in [6.07, 6.45) is 0.677. The van der Waals surface area contributed by atoms with Crippen LogP contribution in [0.5, 0.6) is 0 Å². The molecule has 0 heterocycles. The third kappa shape index (κ3) is 8.03.